The molecule has 1 amide bonds. The van der Waals surface area contributed by atoms with Gasteiger partial charge in [0.25, 0.3) is 5.91 Å². The van der Waals surface area contributed by atoms with Crippen molar-refractivity contribution in [2.45, 2.75) is 6.61 Å². The largest absolute Gasteiger partial charge is 0.277 e. The molecule has 92 valence electrons. The third-order valence-corrected chi connectivity index (χ3v) is 2.57. The van der Waals surface area contributed by atoms with E-state index in [-0.39, 0.29) is 5.91 Å². The van der Waals surface area contributed by atoms with E-state index in [0.717, 1.165) is 5.56 Å². The number of rotatable bonds is 4. The Morgan fingerprint density at radius 2 is 1.56 bits per heavy atom. The van der Waals surface area contributed by atoms with Gasteiger partial charge in [0.2, 0.25) is 0 Å². The summed E-state index contributed by atoms with van der Waals surface area (Å²) >= 11 is 0. The lowest BCUT2D eigenvalue weighted by Gasteiger charge is -2.16. The molecule has 0 radical (unpaired) electrons. The Hall–Kier alpha value is -2.13. The number of carbonyl (C=O) groups excluding carboxylic acids is 1. The second kappa shape index (κ2) is 5.98. The van der Waals surface area contributed by atoms with E-state index in [0.29, 0.717) is 12.2 Å². The fourth-order valence-electron chi connectivity index (χ4n) is 1.57. The van der Waals surface area contributed by atoms with Crippen LogP contribution >= 0.6 is 0 Å². The van der Waals surface area contributed by atoms with E-state index in [1.165, 1.54) is 5.06 Å². The topological polar surface area (TPSA) is 29.5 Å². The van der Waals surface area contributed by atoms with Gasteiger partial charge in [-0.2, -0.15) is 0 Å². The summed E-state index contributed by atoms with van der Waals surface area (Å²) in [6.07, 6.45) is 0. The van der Waals surface area contributed by atoms with E-state index >= 15 is 0 Å². The molecule has 3 nitrogen and oxygen atoms in total. The average molecular weight is 241 g/mol. The van der Waals surface area contributed by atoms with Gasteiger partial charge in [-0.25, -0.2) is 5.06 Å². The lowest BCUT2D eigenvalue weighted by Crippen LogP contribution is -2.26. The van der Waals surface area contributed by atoms with Gasteiger partial charge >= 0.3 is 0 Å². The summed E-state index contributed by atoms with van der Waals surface area (Å²) in [7, 11) is 1.62. The van der Waals surface area contributed by atoms with Crippen molar-refractivity contribution in [2.75, 3.05) is 7.05 Å². The molecule has 2 aromatic carbocycles. The number of carbonyl (C=O) groups is 1. The molecule has 0 aliphatic carbocycles. The molecule has 0 heterocycles. The van der Waals surface area contributed by atoms with Crippen LogP contribution in [0.2, 0.25) is 0 Å². The Kier molecular flexibility index (Phi) is 4.10. The maximum atomic E-state index is 12.0. The van der Waals surface area contributed by atoms with E-state index in [2.05, 4.69) is 0 Å². The third-order valence-electron chi connectivity index (χ3n) is 2.57. The van der Waals surface area contributed by atoms with Crippen molar-refractivity contribution >= 4 is 5.91 Å². The number of nitrogens with zero attached hydrogens (tertiary/aromatic N) is 1. The summed E-state index contributed by atoms with van der Waals surface area (Å²) in [5.74, 6) is -0.147. The first-order valence-corrected chi connectivity index (χ1v) is 5.77. The van der Waals surface area contributed by atoms with Crippen molar-refractivity contribution in [3.8, 4) is 0 Å². The van der Waals surface area contributed by atoms with E-state index in [4.69, 9.17) is 4.84 Å². The van der Waals surface area contributed by atoms with Crippen molar-refractivity contribution in [1.29, 1.82) is 0 Å². The standard InChI is InChI=1S/C15H15NO2/c1-16(15(17)14-10-6-3-7-11-14)18-12-13-8-4-2-5-9-13/h2-11H,12H2,1H3. The predicted molar refractivity (Wildman–Crippen MR) is 69.8 cm³/mol. The van der Waals surface area contributed by atoms with Crippen LogP contribution in [0.25, 0.3) is 0 Å². The summed E-state index contributed by atoms with van der Waals surface area (Å²) in [4.78, 5) is 17.4. The van der Waals surface area contributed by atoms with Crippen LogP contribution < -0.4 is 0 Å². The van der Waals surface area contributed by atoms with Crippen LogP contribution in [0.1, 0.15) is 15.9 Å². The minimum absolute atomic E-state index is 0.147. The minimum Gasteiger partial charge on any atom is -0.267 e. The summed E-state index contributed by atoms with van der Waals surface area (Å²) < 4.78 is 0. The number of hydroxylamine groups is 2. The normalized spacial score (nSPS) is 10.1. The number of benzene rings is 2. The van der Waals surface area contributed by atoms with Crippen LogP contribution in [0.5, 0.6) is 0 Å². The van der Waals surface area contributed by atoms with Gasteiger partial charge in [-0.05, 0) is 17.7 Å². The Labute approximate surface area is 107 Å². The predicted octanol–water partition coefficient (Wildman–Crippen LogP) is 2.89. The summed E-state index contributed by atoms with van der Waals surface area (Å²) in [6.45, 7) is 0.385. The van der Waals surface area contributed by atoms with Crippen LogP contribution in [0.3, 0.4) is 0 Å². The molecule has 0 aliphatic rings. The zero-order valence-electron chi connectivity index (χ0n) is 10.2. The van der Waals surface area contributed by atoms with Crippen molar-refractivity contribution in [3.05, 3.63) is 71.8 Å². The zero-order valence-corrected chi connectivity index (χ0v) is 10.2. The second-order valence-electron chi connectivity index (χ2n) is 3.93. The fraction of sp³-hybridized carbons (Fsp3) is 0.133. The molecule has 0 saturated heterocycles. The molecular weight excluding hydrogens is 226 g/mol. The Morgan fingerprint density at radius 3 is 2.17 bits per heavy atom. The first kappa shape index (κ1) is 12.3. The molecule has 0 saturated carbocycles. The third kappa shape index (κ3) is 3.18. The highest BCUT2D eigenvalue weighted by Crippen LogP contribution is 2.06. The highest BCUT2D eigenvalue weighted by atomic mass is 16.7. The molecule has 0 atom stereocenters. The van der Waals surface area contributed by atoms with E-state index in [1.54, 1.807) is 19.2 Å². The maximum absolute atomic E-state index is 12.0. The van der Waals surface area contributed by atoms with Gasteiger partial charge in [0, 0.05) is 12.6 Å². The van der Waals surface area contributed by atoms with Gasteiger partial charge < -0.3 is 0 Å². The maximum Gasteiger partial charge on any atom is 0.277 e. The van der Waals surface area contributed by atoms with Gasteiger partial charge in [-0.3, -0.25) is 9.63 Å². The van der Waals surface area contributed by atoms with Crippen molar-refractivity contribution in [2.24, 2.45) is 0 Å². The second-order valence-corrected chi connectivity index (χ2v) is 3.93. The Morgan fingerprint density at radius 1 is 1.00 bits per heavy atom. The first-order chi connectivity index (χ1) is 8.77. The average Bonchev–Trinajstić information content (AvgIpc) is 2.46. The highest BCUT2D eigenvalue weighted by molar-refractivity contribution is 5.93. The number of hydrogen-bond donors (Lipinski definition) is 0. The number of amides is 1. The number of hydrogen-bond acceptors (Lipinski definition) is 2. The van der Waals surface area contributed by atoms with Crippen LogP contribution in [-0.2, 0) is 11.4 Å². The molecule has 2 aromatic rings. The molecule has 0 unspecified atom stereocenters. The van der Waals surface area contributed by atoms with Crippen molar-refractivity contribution in [1.82, 2.24) is 5.06 Å². The van der Waals surface area contributed by atoms with Gasteiger partial charge in [-0.1, -0.05) is 48.5 Å². The van der Waals surface area contributed by atoms with Gasteiger partial charge in [-0.15, -0.1) is 0 Å². The summed E-state index contributed by atoms with van der Waals surface area (Å²) in [5, 5.41) is 1.27. The van der Waals surface area contributed by atoms with E-state index < -0.39 is 0 Å². The molecule has 0 bridgehead atoms. The van der Waals surface area contributed by atoms with E-state index in [1.807, 2.05) is 48.5 Å². The lowest BCUT2D eigenvalue weighted by molar-refractivity contribution is -0.116. The fourth-order valence-corrected chi connectivity index (χ4v) is 1.57. The Bertz CT molecular complexity index is 496. The molecular formula is C15H15NO2. The van der Waals surface area contributed by atoms with E-state index in [9.17, 15) is 4.79 Å². The van der Waals surface area contributed by atoms with Crippen molar-refractivity contribution < 1.29 is 9.63 Å². The SMILES string of the molecule is CN(OCc1ccccc1)C(=O)c1ccccc1. The Balaban J connectivity index is 1.93. The van der Waals surface area contributed by atoms with Gasteiger partial charge in [0.1, 0.15) is 6.61 Å². The van der Waals surface area contributed by atoms with Crippen LogP contribution in [0, 0.1) is 0 Å². The monoisotopic (exact) mass is 241 g/mol. The highest BCUT2D eigenvalue weighted by Gasteiger charge is 2.11. The minimum atomic E-state index is -0.147. The van der Waals surface area contributed by atoms with Gasteiger partial charge in [0.15, 0.2) is 0 Å². The van der Waals surface area contributed by atoms with Crippen molar-refractivity contribution in [3.63, 3.8) is 0 Å². The van der Waals surface area contributed by atoms with Gasteiger partial charge in [0.05, 0.1) is 0 Å². The zero-order chi connectivity index (χ0) is 12.8. The first-order valence-electron chi connectivity index (χ1n) is 5.77. The quantitative estimate of drug-likeness (QED) is 0.770. The molecule has 0 N–H and O–H groups in total. The molecule has 0 fully saturated rings. The van der Waals surface area contributed by atoms with Crippen LogP contribution in [0.4, 0.5) is 0 Å². The molecule has 0 aromatic heterocycles. The molecule has 18 heavy (non-hydrogen) atoms. The lowest BCUT2D eigenvalue weighted by atomic mass is 10.2. The molecule has 0 aliphatic heterocycles. The summed E-state index contributed by atoms with van der Waals surface area (Å²) in [5.41, 5.74) is 1.65. The smallest absolute Gasteiger partial charge is 0.267 e. The molecule has 3 heteroatoms. The van der Waals surface area contributed by atoms with Crippen LogP contribution in [0.15, 0.2) is 60.7 Å². The molecule has 2 rings (SSSR count). The van der Waals surface area contributed by atoms with Crippen LogP contribution in [-0.4, -0.2) is 18.0 Å². The molecule has 0 spiro atoms. The summed E-state index contributed by atoms with van der Waals surface area (Å²) in [6, 6.07) is 18.8.